The second-order valence-corrected chi connectivity index (χ2v) is 16.0. The monoisotopic (exact) mass is 590 g/mol. The zero-order valence-electron chi connectivity index (χ0n) is 25.1. The lowest BCUT2D eigenvalue weighted by Crippen LogP contribution is -2.46. The van der Waals surface area contributed by atoms with Gasteiger partial charge in [0.1, 0.15) is 11.5 Å². The maximum Gasteiger partial charge on any atom is 0.305 e. The van der Waals surface area contributed by atoms with Crippen LogP contribution in [0.15, 0.2) is 36.4 Å². The highest BCUT2D eigenvalue weighted by Gasteiger charge is 2.58. The van der Waals surface area contributed by atoms with Crippen molar-refractivity contribution >= 4 is 11.4 Å². The molecule has 0 amide bonds. The van der Waals surface area contributed by atoms with Crippen LogP contribution in [0.3, 0.4) is 0 Å². The van der Waals surface area contributed by atoms with E-state index >= 15 is 0 Å². The summed E-state index contributed by atoms with van der Waals surface area (Å²) in [6, 6.07) is 12.0. The number of hydrogen-bond acceptors (Lipinski definition) is 5. The number of phenols is 2. The van der Waals surface area contributed by atoms with Crippen molar-refractivity contribution in [3.8, 4) is 11.5 Å². The first-order chi connectivity index (χ1) is 20.2. The maximum atomic E-state index is 13.6. The molecular weight excluding hydrogens is 544 g/mol. The molecule has 0 aromatic heterocycles. The van der Waals surface area contributed by atoms with E-state index in [-0.39, 0.29) is 23.0 Å². The van der Waals surface area contributed by atoms with E-state index < -0.39 is 11.4 Å². The van der Waals surface area contributed by atoms with E-state index in [9.17, 15) is 14.4 Å². The number of aromatic hydroxyl groups is 2. The van der Waals surface area contributed by atoms with E-state index in [1.54, 1.807) is 0 Å². The van der Waals surface area contributed by atoms with Crippen LogP contribution in [0.5, 0.6) is 11.5 Å². The second-order valence-electron chi connectivity index (χ2n) is 15.2. The average Bonchev–Trinajstić information content (AvgIpc) is 3.48. The summed E-state index contributed by atoms with van der Waals surface area (Å²) in [5.41, 5.74) is 5.63. The third-order valence-corrected chi connectivity index (χ3v) is 14.4. The predicted molar refractivity (Wildman–Crippen MR) is 163 cm³/mol. The first kappa shape index (κ1) is 27.6. The van der Waals surface area contributed by atoms with Gasteiger partial charge in [-0.1, -0.05) is 26.0 Å². The maximum absolute atomic E-state index is 13.6. The molecular formula is C36H46O5S. The Kier molecular flexibility index (Phi) is 6.63. The smallest absolute Gasteiger partial charge is 0.305 e. The fraction of sp³-hybridized carbons (Fsp3) is 0.667. The van der Waals surface area contributed by atoms with Crippen molar-refractivity contribution in [3.05, 3.63) is 58.7 Å². The van der Waals surface area contributed by atoms with Crippen molar-refractivity contribution in [2.24, 2.45) is 34.5 Å². The molecule has 6 aliphatic carbocycles. The summed E-state index contributed by atoms with van der Waals surface area (Å²) in [4.78, 5) is 0. The van der Waals surface area contributed by atoms with Crippen LogP contribution >= 0.6 is 0 Å². The van der Waals surface area contributed by atoms with Gasteiger partial charge in [0.25, 0.3) is 0 Å². The van der Waals surface area contributed by atoms with Gasteiger partial charge in [0.2, 0.25) is 0 Å². The predicted octanol–water partition coefficient (Wildman–Crippen LogP) is 7.86. The number of phenolic OH excluding ortho intramolecular Hbond substituents is 2. The van der Waals surface area contributed by atoms with E-state index in [4.69, 9.17) is 8.37 Å². The normalized spacial score (nSPS) is 42.4. The highest BCUT2D eigenvalue weighted by molar-refractivity contribution is 7.75. The Morgan fingerprint density at radius 3 is 1.57 bits per heavy atom. The van der Waals surface area contributed by atoms with E-state index in [1.165, 1.54) is 35.1 Å². The molecule has 1 unspecified atom stereocenters. The van der Waals surface area contributed by atoms with Crippen LogP contribution in [0.4, 0.5) is 0 Å². The van der Waals surface area contributed by atoms with Crippen LogP contribution in [0, 0.1) is 34.5 Å². The van der Waals surface area contributed by atoms with E-state index in [2.05, 4.69) is 26.0 Å². The zero-order chi connectivity index (χ0) is 28.8. The molecule has 11 atom stereocenters. The van der Waals surface area contributed by atoms with Gasteiger partial charge in [0, 0.05) is 0 Å². The summed E-state index contributed by atoms with van der Waals surface area (Å²) in [6.07, 6.45) is 13.0. The molecule has 2 aromatic rings. The Bertz CT molecular complexity index is 1300. The summed E-state index contributed by atoms with van der Waals surface area (Å²) in [7, 11) is 0. The molecule has 4 fully saturated rings. The fourth-order valence-corrected chi connectivity index (χ4v) is 12.6. The first-order valence-corrected chi connectivity index (χ1v) is 17.6. The van der Waals surface area contributed by atoms with Crippen molar-refractivity contribution in [1.82, 2.24) is 0 Å². The van der Waals surface area contributed by atoms with Gasteiger partial charge in [-0.25, -0.2) is 0 Å². The SMILES string of the molecule is C[C@@]12CC[C@H]3c4ccc(O)cc4CC[C@@H]3[C@H]1CC[C@H]2OS(=O)O[C@H]1CC[C@H]2[C@@H]3CCc4cc(O)ccc4[C@H]3CC[C@]12C. The zero-order valence-corrected chi connectivity index (χ0v) is 25.9. The number of aryl methyl sites for hydroxylation is 2. The fourth-order valence-electron chi connectivity index (χ4n) is 11.6. The third kappa shape index (κ3) is 4.18. The second kappa shape index (κ2) is 10.1. The molecule has 4 saturated carbocycles. The summed E-state index contributed by atoms with van der Waals surface area (Å²) in [5.74, 6) is 4.33. The van der Waals surface area contributed by atoms with E-state index in [0.717, 1.165) is 64.2 Å². The Hall–Kier alpha value is -1.89. The minimum atomic E-state index is -1.73. The molecule has 0 bridgehead atoms. The van der Waals surface area contributed by atoms with Gasteiger partial charge in [-0.3, -0.25) is 8.37 Å². The largest absolute Gasteiger partial charge is 0.508 e. The van der Waals surface area contributed by atoms with Gasteiger partial charge >= 0.3 is 11.4 Å². The van der Waals surface area contributed by atoms with Gasteiger partial charge in [0.15, 0.2) is 0 Å². The van der Waals surface area contributed by atoms with Crippen LogP contribution in [0.1, 0.15) is 112 Å². The third-order valence-electron chi connectivity index (χ3n) is 13.6. The minimum absolute atomic E-state index is 0.0162. The van der Waals surface area contributed by atoms with Crippen LogP contribution in [-0.4, -0.2) is 26.6 Å². The average molecular weight is 591 g/mol. The molecule has 2 aromatic carbocycles. The van der Waals surface area contributed by atoms with E-state index in [0.29, 0.717) is 47.0 Å². The first-order valence-electron chi connectivity index (χ1n) is 16.6. The van der Waals surface area contributed by atoms with Crippen molar-refractivity contribution in [1.29, 1.82) is 0 Å². The van der Waals surface area contributed by atoms with Gasteiger partial charge in [0.05, 0.1) is 12.2 Å². The molecule has 0 spiro atoms. The minimum Gasteiger partial charge on any atom is -0.508 e. The molecule has 0 saturated heterocycles. The lowest BCUT2D eigenvalue weighted by molar-refractivity contribution is -0.0294. The lowest BCUT2D eigenvalue weighted by atomic mass is 9.55. The summed E-state index contributed by atoms with van der Waals surface area (Å²) in [5, 5.41) is 20.0. The highest BCUT2D eigenvalue weighted by atomic mass is 32.2. The number of fused-ring (bicyclic) bond motifs is 10. The van der Waals surface area contributed by atoms with Crippen molar-refractivity contribution in [3.63, 3.8) is 0 Å². The molecule has 0 heterocycles. The highest BCUT2D eigenvalue weighted by Crippen LogP contribution is 2.63. The molecule has 6 heteroatoms. The summed E-state index contributed by atoms with van der Waals surface area (Å²) >= 11 is -1.73. The van der Waals surface area contributed by atoms with Crippen LogP contribution in [-0.2, 0) is 32.6 Å². The van der Waals surface area contributed by atoms with Crippen molar-refractivity contribution < 1.29 is 22.8 Å². The quantitative estimate of drug-likeness (QED) is 0.379. The van der Waals surface area contributed by atoms with Crippen molar-refractivity contribution in [2.75, 3.05) is 0 Å². The van der Waals surface area contributed by atoms with Gasteiger partial charge in [-0.15, -0.1) is 0 Å². The molecule has 2 N–H and O–H groups in total. The van der Waals surface area contributed by atoms with Crippen LogP contribution < -0.4 is 0 Å². The van der Waals surface area contributed by atoms with E-state index in [1.807, 2.05) is 24.3 Å². The molecule has 0 radical (unpaired) electrons. The lowest BCUT2D eigenvalue weighted by Gasteiger charge is -2.51. The molecule has 8 rings (SSSR count). The molecule has 226 valence electrons. The topological polar surface area (TPSA) is 76.0 Å². The van der Waals surface area contributed by atoms with Gasteiger partial charge in [-0.2, -0.15) is 4.21 Å². The molecule has 0 aliphatic heterocycles. The number of benzene rings is 2. The molecule has 6 aliphatic rings. The molecule has 5 nitrogen and oxygen atoms in total. The standard InChI is InChI=1S/C36H46O5S/c1-35-17-15-27-25-9-5-23(37)19-21(25)3-7-29(27)31(35)11-13-33(35)40-42(39)41-34-14-12-32-30-8-4-22-20-24(38)6-10-26(22)28(30)16-18-36(32,34)2/h5-6,9-10,19-20,27-34,37-38H,3-4,7-8,11-18H2,1-2H3/t27-,28+,29-,30+,31+,32-,33+,34-,35+,36-,42?. The van der Waals surface area contributed by atoms with Gasteiger partial charge in [-0.05, 0) is 170 Å². The number of rotatable bonds is 4. The Morgan fingerprint density at radius 2 is 1.12 bits per heavy atom. The molecule has 42 heavy (non-hydrogen) atoms. The summed E-state index contributed by atoms with van der Waals surface area (Å²) < 4.78 is 26.4. The Morgan fingerprint density at radius 1 is 0.667 bits per heavy atom. The summed E-state index contributed by atoms with van der Waals surface area (Å²) in [6.45, 7) is 4.79. The van der Waals surface area contributed by atoms with Crippen LogP contribution in [0.2, 0.25) is 0 Å². The van der Waals surface area contributed by atoms with Crippen LogP contribution in [0.25, 0.3) is 0 Å². The Balaban J connectivity index is 0.935. The van der Waals surface area contributed by atoms with Crippen molar-refractivity contribution in [2.45, 2.75) is 115 Å². The van der Waals surface area contributed by atoms with Gasteiger partial charge < -0.3 is 10.2 Å². The Labute approximate surface area is 253 Å². The number of hydrogen-bond donors (Lipinski definition) is 2.